The molecular formula is C29H29N3O5S. The van der Waals surface area contributed by atoms with E-state index in [0.717, 1.165) is 50.9 Å². The summed E-state index contributed by atoms with van der Waals surface area (Å²) in [6, 6.07) is 15.1. The van der Waals surface area contributed by atoms with Crippen LogP contribution in [0.15, 0.2) is 48.5 Å². The molecule has 2 amide bonds. The Bertz CT molecular complexity index is 1580. The first kappa shape index (κ1) is 25.7. The number of ether oxygens (including phenoxy) is 2. The highest BCUT2D eigenvalue weighted by Crippen LogP contribution is 2.36. The minimum absolute atomic E-state index is 0.258. The van der Waals surface area contributed by atoms with Crippen molar-refractivity contribution < 1.29 is 24.2 Å². The number of imidazole rings is 1. The lowest BCUT2D eigenvalue weighted by molar-refractivity contribution is -0.121. The third kappa shape index (κ3) is 4.81. The largest absolute Gasteiger partial charge is 0.507 e. The van der Waals surface area contributed by atoms with Crippen molar-refractivity contribution in [2.75, 3.05) is 0 Å². The fourth-order valence-electron chi connectivity index (χ4n) is 4.54. The molecule has 8 nitrogen and oxygen atoms in total. The Labute approximate surface area is 225 Å². The van der Waals surface area contributed by atoms with E-state index in [1.165, 1.54) is 0 Å². The third-order valence-electron chi connectivity index (χ3n) is 7.03. The Morgan fingerprint density at radius 1 is 1.03 bits per heavy atom. The zero-order valence-electron chi connectivity index (χ0n) is 21.9. The Hall–Kier alpha value is -3.98. The van der Waals surface area contributed by atoms with Gasteiger partial charge in [-0.2, -0.15) is 0 Å². The van der Waals surface area contributed by atoms with Gasteiger partial charge >= 0.3 is 0 Å². The molecule has 9 heteroatoms. The molecule has 3 aromatic carbocycles. The molecule has 196 valence electrons. The number of fused-ring (bicyclic) bond motifs is 1. The van der Waals surface area contributed by atoms with Crippen LogP contribution in [0.4, 0.5) is 4.79 Å². The van der Waals surface area contributed by atoms with Crippen LogP contribution in [0, 0.1) is 20.8 Å². The van der Waals surface area contributed by atoms with Crippen LogP contribution in [0.2, 0.25) is 0 Å². The van der Waals surface area contributed by atoms with E-state index in [1.807, 2.05) is 80.9 Å². The van der Waals surface area contributed by atoms with Gasteiger partial charge < -0.3 is 19.1 Å². The molecular weight excluding hydrogens is 502 g/mol. The molecule has 2 N–H and O–H groups in total. The molecule has 38 heavy (non-hydrogen) atoms. The van der Waals surface area contributed by atoms with Crippen molar-refractivity contribution in [2.24, 2.45) is 7.05 Å². The Morgan fingerprint density at radius 2 is 1.74 bits per heavy atom. The topological polar surface area (TPSA) is 103 Å². The predicted octanol–water partition coefficient (Wildman–Crippen LogP) is 5.86. The minimum atomic E-state index is -0.798. The average molecular weight is 532 g/mol. The molecule has 1 fully saturated rings. The first-order chi connectivity index (χ1) is 18.0. The number of hydrogen-bond donors (Lipinski definition) is 2. The molecule has 1 aliphatic rings. The summed E-state index contributed by atoms with van der Waals surface area (Å²) < 4.78 is 13.3. The zero-order chi connectivity index (χ0) is 27.2. The second-order valence-corrected chi connectivity index (χ2v) is 11.3. The highest BCUT2D eigenvalue weighted by Gasteiger charge is 2.43. The van der Waals surface area contributed by atoms with Crippen molar-refractivity contribution >= 4 is 33.9 Å². The predicted molar refractivity (Wildman–Crippen MR) is 147 cm³/mol. The molecule has 1 aromatic heterocycles. The molecule has 1 unspecified atom stereocenters. The highest BCUT2D eigenvalue weighted by molar-refractivity contribution is 8.16. The number of aromatic nitrogens is 2. The van der Waals surface area contributed by atoms with Gasteiger partial charge in [0.2, 0.25) is 5.91 Å². The van der Waals surface area contributed by atoms with Crippen molar-refractivity contribution in [3.8, 4) is 23.0 Å². The van der Waals surface area contributed by atoms with Crippen LogP contribution >= 0.6 is 11.8 Å². The van der Waals surface area contributed by atoms with E-state index in [-0.39, 0.29) is 17.8 Å². The molecule has 0 aliphatic carbocycles. The van der Waals surface area contributed by atoms with Crippen molar-refractivity contribution in [3.05, 3.63) is 76.6 Å². The van der Waals surface area contributed by atoms with E-state index in [0.29, 0.717) is 29.4 Å². The summed E-state index contributed by atoms with van der Waals surface area (Å²) in [6.07, 6.45) is 0.452. The molecule has 1 aliphatic heterocycles. The van der Waals surface area contributed by atoms with Crippen LogP contribution < -0.4 is 14.8 Å². The molecule has 4 aromatic rings. The number of nitrogens with one attached hydrogen (secondary N) is 1. The summed E-state index contributed by atoms with van der Waals surface area (Å²) in [4.78, 5) is 28.4. The van der Waals surface area contributed by atoms with Gasteiger partial charge in [0.25, 0.3) is 5.24 Å². The number of phenols is 1. The van der Waals surface area contributed by atoms with Gasteiger partial charge in [0.05, 0.1) is 11.0 Å². The van der Waals surface area contributed by atoms with Crippen LogP contribution in [0.5, 0.6) is 23.0 Å². The Balaban J connectivity index is 1.28. The Kier molecular flexibility index (Phi) is 6.56. The standard InChI is InChI=1S/C29H29N3O5S/c1-16-12-24(17(2)18(3)26(16)33)37-21-10-11-22-23(13-21)32(5)25(30-22)15-36-20-8-6-19(7-9-20)14-29(4)27(34)31-28(35)38-29/h6-13,33H,14-15H2,1-5H3,(H,31,34,35). The number of benzene rings is 3. The molecule has 0 saturated carbocycles. The van der Waals surface area contributed by atoms with Gasteiger partial charge in [-0.05, 0) is 98.5 Å². The number of imide groups is 1. The first-order valence-electron chi connectivity index (χ1n) is 12.2. The van der Waals surface area contributed by atoms with Crippen LogP contribution in [-0.2, 0) is 24.9 Å². The van der Waals surface area contributed by atoms with E-state index in [2.05, 4.69) is 5.32 Å². The van der Waals surface area contributed by atoms with Gasteiger partial charge in [-0.15, -0.1) is 0 Å². The molecule has 0 spiro atoms. The summed E-state index contributed by atoms with van der Waals surface area (Å²) in [5, 5.41) is 12.2. The van der Waals surface area contributed by atoms with Crippen molar-refractivity contribution in [1.29, 1.82) is 0 Å². The second-order valence-electron chi connectivity index (χ2n) is 9.81. The van der Waals surface area contributed by atoms with E-state index in [4.69, 9.17) is 14.5 Å². The van der Waals surface area contributed by atoms with Gasteiger partial charge in [0.15, 0.2) is 0 Å². The first-order valence-corrected chi connectivity index (χ1v) is 13.0. The van der Waals surface area contributed by atoms with Crippen LogP contribution in [0.1, 0.15) is 35.0 Å². The molecule has 0 radical (unpaired) electrons. The maximum Gasteiger partial charge on any atom is 0.286 e. The van der Waals surface area contributed by atoms with E-state index in [9.17, 15) is 14.7 Å². The number of carbonyl (C=O) groups is 2. The summed E-state index contributed by atoms with van der Waals surface area (Å²) in [5.41, 5.74) is 5.16. The van der Waals surface area contributed by atoms with Gasteiger partial charge in [-0.25, -0.2) is 4.98 Å². The maximum absolute atomic E-state index is 12.1. The van der Waals surface area contributed by atoms with Gasteiger partial charge in [0.1, 0.15) is 40.2 Å². The monoisotopic (exact) mass is 531 g/mol. The third-order valence-corrected chi connectivity index (χ3v) is 8.10. The fourth-order valence-corrected chi connectivity index (χ4v) is 5.47. The van der Waals surface area contributed by atoms with Crippen LogP contribution in [0.3, 0.4) is 0 Å². The number of phenolic OH excluding ortho intramolecular Hbond substituents is 1. The van der Waals surface area contributed by atoms with E-state index in [1.54, 1.807) is 6.92 Å². The summed E-state index contributed by atoms with van der Waals surface area (Å²) in [6.45, 7) is 7.72. The summed E-state index contributed by atoms with van der Waals surface area (Å²) in [7, 11) is 1.94. The second kappa shape index (κ2) is 9.72. The molecule has 1 atom stereocenters. The number of thioether (sulfide) groups is 1. The quantitative estimate of drug-likeness (QED) is 0.308. The van der Waals surface area contributed by atoms with Gasteiger partial charge in [-0.3, -0.25) is 14.9 Å². The SMILES string of the molecule is Cc1cc(Oc2ccc3nc(COc4ccc(CC5(C)SC(=O)NC5=O)cc4)n(C)c3c2)c(C)c(C)c1O. The van der Waals surface area contributed by atoms with Crippen LogP contribution in [0.25, 0.3) is 11.0 Å². The average Bonchev–Trinajstić information content (AvgIpc) is 3.33. The number of aryl methyl sites for hydroxylation is 2. The molecule has 0 bridgehead atoms. The lowest BCUT2D eigenvalue weighted by Gasteiger charge is -2.18. The fraction of sp³-hybridized carbons (Fsp3) is 0.276. The molecule has 5 rings (SSSR count). The summed E-state index contributed by atoms with van der Waals surface area (Å²) in [5.74, 6) is 2.87. The zero-order valence-corrected chi connectivity index (χ0v) is 22.7. The van der Waals surface area contributed by atoms with Gasteiger partial charge in [-0.1, -0.05) is 12.1 Å². The van der Waals surface area contributed by atoms with Crippen molar-refractivity contribution in [3.63, 3.8) is 0 Å². The van der Waals surface area contributed by atoms with Crippen LogP contribution in [-0.4, -0.2) is 30.6 Å². The maximum atomic E-state index is 12.1. The van der Waals surface area contributed by atoms with Crippen molar-refractivity contribution in [2.45, 2.75) is 45.5 Å². The number of carbonyl (C=O) groups excluding carboxylic acids is 2. The van der Waals surface area contributed by atoms with E-state index >= 15 is 0 Å². The smallest absolute Gasteiger partial charge is 0.286 e. The van der Waals surface area contributed by atoms with E-state index < -0.39 is 4.75 Å². The Morgan fingerprint density at radius 3 is 2.42 bits per heavy atom. The van der Waals surface area contributed by atoms with Crippen molar-refractivity contribution in [1.82, 2.24) is 14.9 Å². The number of aromatic hydroxyl groups is 1. The minimum Gasteiger partial charge on any atom is -0.507 e. The number of amides is 2. The molecule has 2 heterocycles. The number of nitrogens with zero attached hydrogens (tertiary/aromatic N) is 2. The lowest BCUT2D eigenvalue weighted by atomic mass is 9.99. The van der Waals surface area contributed by atoms with Gasteiger partial charge in [0, 0.05) is 13.1 Å². The lowest BCUT2D eigenvalue weighted by Crippen LogP contribution is -2.35. The molecule has 1 saturated heterocycles. The highest BCUT2D eigenvalue weighted by atomic mass is 32.2. The summed E-state index contributed by atoms with van der Waals surface area (Å²) >= 11 is 1.03. The normalized spacial score (nSPS) is 17.2. The number of rotatable bonds is 7. The number of hydrogen-bond acceptors (Lipinski definition) is 7.